The summed E-state index contributed by atoms with van der Waals surface area (Å²) in [5.41, 5.74) is 4.60. The summed E-state index contributed by atoms with van der Waals surface area (Å²) in [6.07, 6.45) is 6.59. The summed E-state index contributed by atoms with van der Waals surface area (Å²) in [7, 11) is 0. The second-order valence-corrected chi connectivity index (χ2v) is 7.79. The van der Waals surface area contributed by atoms with E-state index >= 15 is 0 Å². The molecule has 140 valence electrons. The van der Waals surface area contributed by atoms with Gasteiger partial charge in [0.2, 0.25) is 0 Å². The van der Waals surface area contributed by atoms with Crippen molar-refractivity contribution in [1.29, 1.82) is 0 Å². The monoisotopic (exact) mass is 365 g/mol. The Hall–Kier alpha value is -2.17. The molecule has 1 atom stereocenters. The minimum atomic E-state index is -0.988. The zero-order valence-electron chi connectivity index (χ0n) is 15.4. The molecule has 0 aromatic heterocycles. The maximum Gasteiger partial charge on any atom is 0.145 e. The van der Waals surface area contributed by atoms with Crippen molar-refractivity contribution in [2.75, 3.05) is 19.7 Å². The average Bonchev–Trinajstić information content (AvgIpc) is 3.05. The lowest BCUT2D eigenvalue weighted by Gasteiger charge is -2.39. The number of hydrogen-bond acceptors (Lipinski definition) is 3. The van der Waals surface area contributed by atoms with Gasteiger partial charge < -0.3 is 9.84 Å². The van der Waals surface area contributed by atoms with Crippen LogP contribution in [0.5, 0.6) is 5.75 Å². The van der Waals surface area contributed by atoms with Crippen LogP contribution in [0, 0.1) is 5.82 Å². The van der Waals surface area contributed by atoms with Crippen LogP contribution < -0.4 is 4.74 Å². The largest absolute Gasteiger partial charge is 0.493 e. The van der Waals surface area contributed by atoms with E-state index in [9.17, 15) is 9.50 Å². The van der Waals surface area contributed by atoms with Crippen LogP contribution in [0.25, 0.3) is 5.57 Å². The van der Waals surface area contributed by atoms with E-state index in [1.807, 2.05) is 0 Å². The molecule has 2 aromatic carbocycles. The number of rotatable bonds is 2. The van der Waals surface area contributed by atoms with Gasteiger partial charge in [-0.2, -0.15) is 0 Å². The maximum absolute atomic E-state index is 13.5. The summed E-state index contributed by atoms with van der Waals surface area (Å²) < 4.78 is 19.5. The Labute approximate surface area is 159 Å². The number of para-hydroxylation sites is 1. The fourth-order valence-corrected chi connectivity index (χ4v) is 4.82. The van der Waals surface area contributed by atoms with Crippen molar-refractivity contribution in [3.05, 3.63) is 70.5 Å². The highest BCUT2D eigenvalue weighted by atomic mass is 19.1. The highest BCUT2D eigenvalue weighted by Crippen LogP contribution is 2.42. The first-order valence-electron chi connectivity index (χ1n) is 9.85. The van der Waals surface area contributed by atoms with Crippen molar-refractivity contribution in [2.45, 2.75) is 37.8 Å². The molecule has 27 heavy (non-hydrogen) atoms. The minimum absolute atomic E-state index is 0.229. The van der Waals surface area contributed by atoms with E-state index in [1.54, 1.807) is 12.1 Å². The van der Waals surface area contributed by atoms with Crippen LogP contribution in [-0.2, 0) is 18.6 Å². The topological polar surface area (TPSA) is 32.7 Å². The van der Waals surface area contributed by atoms with Gasteiger partial charge in [-0.15, -0.1) is 0 Å². The number of aryl methyl sites for hydroxylation is 2. The fourth-order valence-electron chi connectivity index (χ4n) is 4.82. The zero-order valence-corrected chi connectivity index (χ0v) is 15.4. The number of aliphatic hydroxyl groups is 1. The highest BCUT2D eigenvalue weighted by molar-refractivity contribution is 5.73. The minimum Gasteiger partial charge on any atom is -0.493 e. The van der Waals surface area contributed by atoms with Crippen LogP contribution in [0.2, 0.25) is 0 Å². The molecule has 1 N–H and O–H groups in total. The highest BCUT2D eigenvalue weighted by Gasteiger charge is 2.42. The normalized spacial score (nSPS) is 24.7. The first-order valence-corrected chi connectivity index (χ1v) is 9.85. The molecule has 2 aromatic rings. The van der Waals surface area contributed by atoms with Crippen LogP contribution in [0.15, 0.2) is 42.5 Å². The van der Waals surface area contributed by atoms with E-state index in [-0.39, 0.29) is 5.82 Å². The average molecular weight is 365 g/mol. The lowest BCUT2D eigenvalue weighted by Crippen LogP contribution is -2.46. The van der Waals surface area contributed by atoms with Crippen molar-refractivity contribution < 1.29 is 14.2 Å². The van der Waals surface area contributed by atoms with Gasteiger partial charge in [-0.1, -0.05) is 30.3 Å². The molecule has 4 heteroatoms. The van der Waals surface area contributed by atoms with Crippen molar-refractivity contribution in [3.8, 4) is 5.75 Å². The molecular weight excluding hydrogens is 341 g/mol. The van der Waals surface area contributed by atoms with Gasteiger partial charge in [-0.25, -0.2) is 4.39 Å². The van der Waals surface area contributed by atoms with Crippen molar-refractivity contribution in [1.82, 2.24) is 4.90 Å². The molecular formula is C23H24FNO2. The summed E-state index contributed by atoms with van der Waals surface area (Å²) in [6.45, 7) is 2.26. The number of nitrogens with zero attached hydrogens (tertiary/aromatic N) is 1. The molecule has 0 bridgehead atoms. The Morgan fingerprint density at radius 2 is 2.00 bits per heavy atom. The summed E-state index contributed by atoms with van der Waals surface area (Å²) in [6, 6.07) is 11.2. The maximum atomic E-state index is 13.5. The van der Waals surface area contributed by atoms with E-state index in [0.717, 1.165) is 55.7 Å². The molecule has 0 saturated heterocycles. The third kappa shape index (κ3) is 2.79. The van der Waals surface area contributed by atoms with Crippen molar-refractivity contribution in [3.63, 3.8) is 0 Å². The van der Waals surface area contributed by atoms with Crippen LogP contribution in [0.3, 0.4) is 0 Å². The van der Waals surface area contributed by atoms with Gasteiger partial charge in [0.25, 0.3) is 0 Å². The molecule has 3 aliphatic rings. The number of hydrogen-bond donors (Lipinski definition) is 1. The van der Waals surface area contributed by atoms with E-state index in [2.05, 4.69) is 29.2 Å². The predicted octanol–water partition coefficient (Wildman–Crippen LogP) is 4.03. The Balaban J connectivity index is 1.42. The van der Waals surface area contributed by atoms with Crippen LogP contribution in [0.4, 0.5) is 4.39 Å². The Morgan fingerprint density at radius 3 is 2.85 bits per heavy atom. The molecule has 2 heterocycles. The van der Waals surface area contributed by atoms with E-state index in [0.29, 0.717) is 13.0 Å². The van der Waals surface area contributed by atoms with E-state index in [1.165, 1.54) is 22.8 Å². The van der Waals surface area contributed by atoms with Gasteiger partial charge in [-0.3, -0.25) is 4.90 Å². The summed E-state index contributed by atoms with van der Waals surface area (Å²) in [4.78, 5) is 2.12. The molecule has 1 aliphatic carbocycles. The molecule has 0 saturated carbocycles. The molecule has 3 nitrogen and oxygen atoms in total. The quantitative estimate of drug-likeness (QED) is 0.872. The standard InChI is InChI=1S/C23H24FNO2/c24-19-6-7-21-18(15-19)8-11-23(21,26)25-12-9-16(10-13-25)20-5-1-3-17-4-2-14-27-22(17)20/h1,3,5-7,9,15,26H,2,4,8,10-14H2. The van der Waals surface area contributed by atoms with Crippen LogP contribution >= 0.6 is 0 Å². The first kappa shape index (κ1) is 17.0. The second-order valence-electron chi connectivity index (χ2n) is 7.79. The summed E-state index contributed by atoms with van der Waals surface area (Å²) >= 11 is 0. The lowest BCUT2D eigenvalue weighted by molar-refractivity contribution is -0.109. The van der Waals surface area contributed by atoms with E-state index < -0.39 is 5.72 Å². The third-order valence-electron chi connectivity index (χ3n) is 6.25. The molecule has 1 unspecified atom stereocenters. The molecule has 5 rings (SSSR count). The van der Waals surface area contributed by atoms with Gasteiger partial charge in [0.15, 0.2) is 0 Å². The molecule has 0 radical (unpaired) electrons. The number of benzene rings is 2. The molecule has 0 fully saturated rings. The fraction of sp³-hybridized carbons (Fsp3) is 0.391. The Kier molecular flexibility index (Phi) is 4.06. The number of ether oxygens (including phenoxy) is 1. The third-order valence-corrected chi connectivity index (χ3v) is 6.25. The van der Waals surface area contributed by atoms with Gasteiger partial charge in [0.05, 0.1) is 6.61 Å². The molecule has 0 spiro atoms. The van der Waals surface area contributed by atoms with Gasteiger partial charge in [0.1, 0.15) is 17.3 Å². The SMILES string of the molecule is OC1(N2CC=C(c3cccc4c3OCCC4)CC2)CCc2cc(F)ccc21. The molecule has 0 amide bonds. The van der Waals surface area contributed by atoms with Crippen molar-refractivity contribution >= 4 is 5.57 Å². The van der Waals surface area contributed by atoms with E-state index in [4.69, 9.17) is 4.74 Å². The predicted molar refractivity (Wildman–Crippen MR) is 103 cm³/mol. The van der Waals surface area contributed by atoms with Crippen molar-refractivity contribution in [2.24, 2.45) is 0 Å². The van der Waals surface area contributed by atoms with Gasteiger partial charge in [-0.05, 0) is 60.9 Å². The molecule has 2 aliphatic heterocycles. The van der Waals surface area contributed by atoms with Crippen LogP contribution in [0.1, 0.15) is 41.5 Å². The number of fused-ring (bicyclic) bond motifs is 2. The summed E-state index contributed by atoms with van der Waals surface area (Å²) in [5, 5.41) is 11.4. The lowest BCUT2D eigenvalue weighted by atomic mass is 9.92. The number of halogens is 1. The Morgan fingerprint density at radius 1 is 1.07 bits per heavy atom. The first-order chi connectivity index (χ1) is 13.1. The summed E-state index contributed by atoms with van der Waals surface area (Å²) in [5.74, 6) is 0.816. The zero-order chi connectivity index (χ0) is 18.4. The van der Waals surface area contributed by atoms with Crippen LogP contribution in [-0.4, -0.2) is 29.7 Å². The smallest absolute Gasteiger partial charge is 0.145 e. The van der Waals surface area contributed by atoms with Gasteiger partial charge >= 0.3 is 0 Å². The van der Waals surface area contributed by atoms with Gasteiger partial charge in [0, 0.05) is 24.2 Å². The second kappa shape index (κ2) is 6.47. The Bertz CT molecular complexity index is 923.